The number of thioether (sulfide) groups is 1. The number of aromatic nitrogens is 1. The first kappa shape index (κ1) is 17.8. The zero-order valence-electron chi connectivity index (χ0n) is 14.7. The van der Waals surface area contributed by atoms with Crippen molar-refractivity contribution in [2.45, 2.75) is 20.0 Å². The number of fused-ring (bicyclic) bond motifs is 1. The highest BCUT2D eigenvalue weighted by Gasteiger charge is 2.22. The lowest BCUT2D eigenvalue weighted by Gasteiger charge is -2.10. The third kappa shape index (κ3) is 3.74. The van der Waals surface area contributed by atoms with Crippen molar-refractivity contribution in [3.8, 4) is 16.9 Å². The number of rotatable bonds is 4. The summed E-state index contributed by atoms with van der Waals surface area (Å²) in [5.41, 5.74) is 2.58. The van der Waals surface area contributed by atoms with E-state index in [0.717, 1.165) is 27.8 Å². The normalized spacial score (nSPS) is 15.7. The van der Waals surface area contributed by atoms with Gasteiger partial charge in [0.2, 0.25) is 0 Å². The van der Waals surface area contributed by atoms with E-state index < -0.39 is 0 Å². The maximum atomic E-state index is 11.8. The number of carbonyl (C=O) groups is 1. The van der Waals surface area contributed by atoms with Gasteiger partial charge in [0.05, 0.1) is 11.0 Å². The van der Waals surface area contributed by atoms with Gasteiger partial charge in [-0.2, -0.15) is 0 Å². The number of amides is 1. The van der Waals surface area contributed by atoms with E-state index in [2.05, 4.69) is 10.3 Å². The number of hydrogen-bond donors (Lipinski definition) is 1. The standard InChI is InChI=1S/C20H16N2O3S2/c1-11(2)24-14-5-3-12(4-6-14)16-10-21-9-13-7-15(25-18(13)16)8-17-19(23)22-20(26)27-17/h3-11H,1-2H3,(H,22,23,26). The molecule has 1 aromatic carbocycles. The molecule has 1 aliphatic rings. The van der Waals surface area contributed by atoms with E-state index in [0.29, 0.717) is 15.0 Å². The van der Waals surface area contributed by atoms with E-state index in [4.69, 9.17) is 21.4 Å². The van der Waals surface area contributed by atoms with Crippen LogP contribution < -0.4 is 10.1 Å². The van der Waals surface area contributed by atoms with Gasteiger partial charge in [0, 0.05) is 29.4 Å². The average molecular weight is 396 g/mol. The Hall–Kier alpha value is -2.64. The van der Waals surface area contributed by atoms with Crippen molar-refractivity contribution in [3.05, 3.63) is 53.4 Å². The lowest BCUT2D eigenvalue weighted by molar-refractivity contribution is -0.115. The van der Waals surface area contributed by atoms with Crippen LogP contribution in [0.4, 0.5) is 0 Å². The summed E-state index contributed by atoms with van der Waals surface area (Å²) in [5.74, 6) is 1.20. The zero-order chi connectivity index (χ0) is 19.0. The molecule has 27 heavy (non-hydrogen) atoms. The summed E-state index contributed by atoms with van der Waals surface area (Å²) < 4.78 is 12.2. The monoisotopic (exact) mass is 396 g/mol. The Bertz CT molecular complexity index is 1070. The second-order valence-electron chi connectivity index (χ2n) is 6.30. The van der Waals surface area contributed by atoms with Crippen molar-refractivity contribution >= 4 is 51.3 Å². The minimum absolute atomic E-state index is 0.125. The van der Waals surface area contributed by atoms with Crippen molar-refractivity contribution in [1.29, 1.82) is 0 Å². The number of furan rings is 1. The predicted octanol–water partition coefficient (Wildman–Crippen LogP) is 4.77. The number of pyridine rings is 1. The molecule has 1 saturated heterocycles. The third-order valence-electron chi connectivity index (χ3n) is 3.89. The Labute approximate surface area is 165 Å². The van der Waals surface area contributed by atoms with Crippen molar-refractivity contribution in [2.75, 3.05) is 0 Å². The molecule has 7 heteroatoms. The molecule has 2 aromatic heterocycles. The molecule has 1 fully saturated rings. The van der Waals surface area contributed by atoms with Gasteiger partial charge >= 0.3 is 0 Å². The Morgan fingerprint density at radius 1 is 1.26 bits per heavy atom. The first-order chi connectivity index (χ1) is 13.0. The maximum absolute atomic E-state index is 11.8. The van der Waals surface area contributed by atoms with Gasteiger partial charge in [-0.3, -0.25) is 9.78 Å². The van der Waals surface area contributed by atoms with E-state index in [9.17, 15) is 4.79 Å². The van der Waals surface area contributed by atoms with Crippen LogP contribution in [0, 0.1) is 0 Å². The first-order valence-corrected chi connectivity index (χ1v) is 9.61. The molecule has 3 aromatic rings. The van der Waals surface area contributed by atoms with Gasteiger partial charge in [-0.1, -0.05) is 36.1 Å². The lowest BCUT2D eigenvalue weighted by atomic mass is 10.1. The van der Waals surface area contributed by atoms with E-state index >= 15 is 0 Å². The van der Waals surface area contributed by atoms with Gasteiger partial charge in [0.15, 0.2) is 0 Å². The molecule has 1 amide bonds. The Morgan fingerprint density at radius 3 is 2.70 bits per heavy atom. The van der Waals surface area contributed by atoms with Crippen molar-refractivity contribution in [2.24, 2.45) is 0 Å². The predicted molar refractivity (Wildman–Crippen MR) is 112 cm³/mol. The number of carbonyl (C=O) groups excluding carboxylic acids is 1. The average Bonchev–Trinajstić information content (AvgIpc) is 3.17. The molecule has 1 N–H and O–H groups in total. The van der Waals surface area contributed by atoms with Crippen LogP contribution in [0.5, 0.6) is 5.75 Å². The molecule has 5 nitrogen and oxygen atoms in total. The van der Waals surface area contributed by atoms with Crippen molar-refractivity contribution in [3.63, 3.8) is 0 Å². The first-order valence-electron chi connectivity index (χ1n) is 8.39. The van der Waals surface area contributed by atoms with Gasteiger partial charge in [-0.05, 0) is 37.6 Å². The minimum atomic E-state index is -0.204. The smallest absolute Gasteiger partial charge is 0.263 e. The number of nitrogens with zero attached hydrogens (tertiary/aromatic N) is 1. The second-order valence-corrected chi connectivity index (χ2v) is 8.02. The number of hydrogen-bond acceptors (Lipinski definition) is 6. The van der Waals surface area contributed by atoms with Crippen LogP contribution in [-0.2, 0) is 4.79 Å². The fourth-order valence-electron chi connectivity index (χ4n) is 2.79. The summed E-state index contributed by atoms with van der Waals surface area (Å²) in [7, 11) is 0. The Balaban J connectivity index is 1.70. The molecule has 0 atom stereocenters. The summed E-state index contributed by atoms with van der Waals surface area (Å²) >= 11 is 6.24. The van der Waals surface area contributed by atoms with Crippen LogP contribution in [0.3, 0.4) is 0 Å². The summed E-state index contributed by atoms with van der Waals surface area (Å²) in [6, 6.07) is 9.69. The molecule has 1 aliphatic heterocycles. The van der Waals surface area contributed by atoms with Crippen molar-refractivity contribution in [1.82, 2.24) is 10.3 Å². The van der Waals surface area contributed by atoms with Crippen LogP contribution in [-0.4, -0.2) is 21.3 Å². The van der Waals surface area contributed by atoms with Gasteiger partial charge in [0.25, 0.3) is 5.91 Å². The molecule has 0 saturated carbocycles. The SMILES string of the molecule is CC(C)Oc1ccc(-c2cncc3cc(C=C4SC(=S)NC4=O)oc23)cc1. The van der Waals surface area contributed by atoms with Crippen LogP contribution in [0.2, 0.25) is 0 Å². The Kier molecular flexibility index (Phi) is 4.72. The van der Waals surface area contributed by atoms with Gasteiger partial charge in [-0.25, -0.2) is 0 Å². The molecule has 0 spiro atoms. The van der Waals surface area contributed by atoms with E-state index in [1.807, 2.05) is 44.2 Å². The topological polar surface area (TPSA) is 64.4 Å². The second kappa shape index (κ2) is 7.17. The summed E-state index contributed by atoms with van der Waals surface area (Å²) in [6.07, 6.45) is 5.34. The number of nitrogens with one attached hydrogen (secondary N) is 1. The maximum Gasteiger partial charge on any atom is 0.263 e. The van der Waals surface area contributed by atoms with Gasteiger partial charge in [0.1, 0.15) is 21.4 Å². The summed E-state index contributed by atoms with van der Waals surface area (Å²) in [5, 5.41) is 3.47. The molecule has 4 rings (SSSR count). The molecule has 136 valence electrons. The number of thiocarbonyl (C=S) groups is 1. The summed E-state index contributed by atoms with van der Waals surface area (Å²) in [4.78, 5) is 16.7. The van der Waals surface area contributed by atoms with Gasteiger partial charge in [-0.15, -0.1) is 0 Å². The molecular formula is C20H16N2O3S2. The zero-order valence-corrected chi connectivity index (χ0v) is 16.3. The van der Waals surface area contributed by atoms with E-state index in [-0.39, 0.29) is 12.0 Å². The highest BCUT2D eigenvalue weighted by atomic mass is 32.2. The molecule has 0 radical (unpaired) electrons. The van der Waals surface area contributed by atoms with E-state index in [1.165, 1.54) is 11.8 Å². The fraction of sp³-hybridized carbons (Fsp3) is 0.150. The van der Waals surface area contributed by atoms with Crippen LogP contribution in [0.25, 0.3) is 28.2 Å². The molecule has 0 bridgehead atoms. The highest BCUT2D eigenvalue weighted by molar-refractivity contribution is 8.26. The van der Waals surface area contributed by atoms with Crippen LogP contribution in [0.15, 0.2) is 52.0 Å². The quantitative estimate of drug-likeness (QED) is 0.506. The fourth-order valence-corrected chi connectivity index (χ4v) is 3.82. The van der Waals surface area contributed by atoms with Gasteiger partial charge < -0.3 is 14.5 Å². The minimum Gasteiger partial charge on any atom is -0.491 e. The Morgan fingerprint density at radius 2 is 2.04 bits per heavy atom. The number of ether oxygens (including phenoxy) is 1. The van der Waals surface area contributed by atoms with E-state index in [1.54, 1.807) is 18.5 Å². The highest BCUT2D eigenvalue weighted by Crippen LogP contribution is 2.33. The largest absolute Gasteiger partial charge is 0.491 e. The molecular weight excluding hydrogens is 380 g/mol. The summed E-state index contributed by atoms with van der Waals surface area (Å²) in [6.45, 7) is 3.99. The molecule has 0 aliphatic carbocycles. The van der Waals surface area contributed by atoms with Crippen molar-refractivity contribution < 1.29 is 13.9 Å². The molecule has 0 unspecified atom stereocenters. The molecule has 3 heterocycles. The lowest BCUT2D eigenvalue weighted by Crippen LogP contribution is -2.17. The third-order valence-corrected chi connectivity index (χ3v) is 5.06. The van der Waals surface area contributed by atoms with Crippen LogP contribution in [0.1, 0.15) is 19.6 Å². The number of benzene rings is 1. The van der Waals surface area contributed by atoms with Crippen LogP contribution >= 0.6 is 24.0 Å².